The molecule has 1 N–H and O–H groups in total. The van der Waals surface area contributed by atoms with Gasteiger partial charge in [-0.05, 0) is 31.0 Å². The van der Waals surface area contributed by atoms with Gasteiger partial charge in [-0.15, -0.1) is 0 Å². The molecule has 2 heterocycles. The summed E-state index contributed by atoms with van der Waals surface area (Å²) in [7, 11) is 0. The van der Waals surface area contributed by atoms with Crippen molar-refractivity contribution in [3.05, 3.63) is 30.1 Å². The molecule has 0 aliphatic carbocycles. The third-order valence-electron chi connectivity index (χ3n) is 3.54. The topological polar surface area (TPSA) is 24.9 Å². The third-order valence-corrected chi connectivity index (χ3v) is 6.94. The van der Waals surface area contributed by atoms with Crippen LogP contribution in [0.2, 0.25) is 0 Å². The summed E-state index contributed by atoms with van der Waals surface area (Å²) in [6.45, 7) is 5.57. The Hall–Kier alpha value is -0.190. The van der Waals surface area contributed by atoms with Gasteiger partial charge in [0.25, 0.3) is 0 Å². The molecule has 0 spiro atoms. The lowest BCUT2D eigenvalue weighted by Gasteiger charge is -2.36. The molecule has 1 aromatic rings. The van der Waals surface area contributed by atoms with Gasteiger partial charge in [-0.1, -0.05) is 19.9 Å². The van der Waals surface area contributed by atoms with Gasteiger partial charge in [0.1, 0.15) is 0 Å². The quantitative estimate of drug-likeness (QED) is 0.871. The highest BCUT2D eigenvalue weighted by Crippen LogP contribution is 2.35. The Balaban J connectivity index is 2.05. The van der Waals surface area contributed by atoms with Crippen LogP contribution in [-0.2, 0) is 6.42 Å². The molecule has 0 bridgehead atoms. The Morgan fingerprint density at radius 2 is 2.21 bits per heavy atom. The molecule has 0 radical (unpaired) electrons. The van der Waals surface area contributed by atoms with Gasteiger partial charge in [0.15, 0.2) is 0 Å². The number of rotatable bonds is 6. The van der Waals surface area contributed by atoms with Crippen molar-refractivity contribution in [1.82, 2.24) is 10.3 Å². The predicted octanol–water partition coefficient (Wildman–Crippen LogP) is 3.23. The summed E-state index contributed by atoms with van der Waals surface area (Å²) in [5.74, 6) is 2.60. The number of nitrogens with zero attached hydrogens (tertiary/aromatic N) is 1. The molecular formula is C15H24N2S2. The highest BCUT2D eigenvalue weighted by molar-refractivity contribution is 8.07. The fourth-order valence-corrected chi connectivity index (χ4v) is 5.91. The maximum atomic E-state index is 4.24. The summed E-state index contributed by atoms with van der Waals surface area (Å²) >= 11 is 4.32. The molecule has 0 amide bonds. The minimum Gasteiger partial charge on any atom is -0.313 e. The van der Waals surface area contributed by atoms with Crippen LogP contribution < -0.4 is 5.32 Å². The van der Waals surface area contributed by atoms with Gasteiger partial charge in [0, 0.05) is 40.4 Å². The minimum absolute atomic E-state index is 0.567. The van der Waals surface area contributed by atoms with Crippen molar-refractivity contribution >= 4 is 23.5 Å². The zero-order valence-electron chi connectivity index (χ0n) is 11.8. The summed E-state index contributed by atoms with van der Waals surface area (Å²) in [5.41, 5.74) is 1.35. The summed E-state index contributed by atoms with van der Waals surface area (Å²) < 4.78 is 0. The first-order valence-electron chi connectivity index (χ1n) is 7.20. The first-order chi connectivity index (χ1) is 9.35. The number of aromatic nitrogens is 1. The van der Waals surface area contributed by atoms with Gasteiger partial charge in [0.2, 0.25) is 0 Å². The normalized spacial score (nSPS) is 25.2. The maximum Gasteiger partial charge on any atom is 0.0323 e. The largest absolute Gasteiger partial charge is 0.313 e. The van der Waals surface area contributed by atoms with Gasteiger partial charge in [-0.25, -0.2) is 0 Å². The van der Waals surface area contributed by atoms with Gasteiger partial charge in [-0.2, -0.15) is 23.5 Å². The van der Waals surface area contributed by atoms with E-state index in [1.165, 1.54) is 23.5 Å². The SMILES string of the molecule is CCNC(Cc1cccnc1)C1SCCSC1CC. The van der Waals surface area contributed by atoms with E-state index in [0.29, 0.717) is 6.04 Å². The molecule has 4 heteroatoms. The van der Waals surface area contributed by atoms with E-state index in [0.717, 1.165) is 23.5 Å². The van der Waals surface area contributed by atoms with Gasteiger partial charge >= 0.3 is 0 Å². The van der Waals surface area contributed by atoms with Crippen LogP contribution in [0.15, 0.2) is 24.5 Å². The Kier molecular flexibility index (Phi) is 6.54. The van der Waals surface area contributed by atoms with Gasteiger partial charge in [0.05, 0.1) is 0 Å². The smallest absolute Gasteiger partial charge is 0.0323 e. The van der Waals surface area contributed by atoms with E-state index in [4.69, 9.17) is 0 Å². The molecule has 19 heavy (non-hydrogen) atoms. The average Bonchev–Trinajstić information content (AvgIpc) is 2.48. The number of hydrogen-bond donors (Lipinski definition) is 1. The van der Waals surface area contributed by atoms with E-state index in [2.05, 4.69) is 53.7 Å². The van der Waals surface area contributed by atoms with E-state index in [1.807, 2.05) is 18.5 Å². The summed E-state index contributed by atoms with van der Waals surface area (Å²) in [6, 6.07) is 4.80. The molecule has 1 aromatic heterocycles. The second-order valence-electron chi connectivity index (χ2n) is 4.88. The Morgan fingerprint density at radius 3 is 2.89 bits per heavy atom. The van der Waals surface area contributed by atoms with Gasteiger partial charge in [-0.3, -0.25) is 4.98 Å². The summed E-state index contributed by atoms with van der Waals surface area (Å²) in [5, 5.41) is 5.22. The number of pyridine rings is 1. The Morgan fingerprint density at radius 1 is 1.37 bits per heavy atom. The fraction of sp³-hybridized carbons (Fsp3) is 0.667. The van der Waals surface area contributed by atoms with E-state index in [1.54, 1.807) is 0 Å². The van der Waals surface area contributed by atoms with Crippen LogP contribution in [-0.4, -0.2) is 39.6 Å². The van der Waals surface area contributed by atoms with Crippen molar-refractivity contribution < 1.29 is 0 Å². The van der Waals surface area contributed by atoms with Crippen LogP contribution in [0.4, 0.5) is 0 Å². The molecule has 0 saturated carbocycles. The lowest BCUT2D eigenvalue weighted by atomic mass is 10.0. The molecule has 2 rings (SSSR count). The number of hydrogen-bond acceptors (Lipinski definition) is 4. The first-order valence-corrected chi connectivity index (χ1v) is 9.30. The van der Waals surface area contributed by atoms with Crippen LogP contribution in [0, 0.1) is 0 Å². The molecule has 106 valence electrons. The third kappa shape index (κ3) is 4.40. The standard InChI is InChI=1S/C15H24N2S2/c1-3-14-15(19-9-8-18-14)13(17-4-2)10-12-6-5-7-16-11-12/h5-7,11,13-15,17H,3-4,8-10H2,1-2H3. The molecule has 1 aliphatic rings. The predicted molar refractivity (Wildman–Crippen MR) is 88.2 cm³/mol. The van der Waals surface area contributed by atoms with Crippen LogP contribution in [0.1, 0.15) is 25.8 Å². The maximum absolute atomic E-state index is 4.24. The van der Waals surface area contributed by atoms with Gasteiger partial charge < -0.3 is 5.32 Å². The van der Waals surface area contributed by atoms with Crippen molar-refractivity contribution in [3.63, 3.8) is 0 Å². The van der Waals surface area contributed by atoms with Crippen molar-refractivity contribution in [2.24, 2.45) is 0 Å². The van der Waals surface area contributed by atoms with Crippen molar-refractivity contribution in [3.8, 4) is 0 Å². The van der Waals surface area contributed by atoms with Crippen LogP contribution in [0.5, 0.6) is 0 Å². The summed E-state index contributed by atoms with van der Waals surface area (Å²) in [6.07, 6.45) is 6.23. The van der Waals surface area contributed by atoms with Crippen molar-refractivity contribution in [1.29, 1.82) is 0 Å². The van der Waals surface area contributed by atoms with E-state index in [-0.39, 0.29) is 0 Å². The van der Waals surface area contributed by atoms with Crippen LogP contribution in [0.3, 0.4) is 0 Å². The van der Waals surface area contributed by atoms with Crippen LogP contribution >= 0.6 is 23.5 Å². The first kappa shape index (κ1) is 15.2. The average molecular weight is 297 g/mol. The van der Waals surface area contributed by atoms with E-state index >= 15 is 0 Å². The molecular weight excluding hydrogens is 272 g/mol. The zero-order chi connectivity index (χ0) is 13.5. The molecule has 1 fully saturated rings. The Bertz CT molecular complexity index is 358. The molecule has 2 nitrogen and oxygen atoms in total. The number of nitrogens with one attached hydrogen (secondary N) is 1. The van der Waals surface area contributed by atoms with E-state index < -0.39 is 0 Å². The number of thioether (sulfide) groups is 2. The molecule has 1 saturated heterocycles. The lowest BCUT2D eigenvalue weighted by molar-refractivity contribution is 0.489. The molecule has 3 atom stereocenters. The lowest BCUT2D eigenvalue weighted by Crippen LogP contribution is -2.46. The monoisotopic (exact) mass is 296 g/mol. The van der Waals surface area contributed by atoms with Crippen molar-refractivity contribution in [2.45, 2.75) is 43.2 Å². The zero-order valence-corrected chi connectivity index (χ0v) is 13.5. The number of likely N-dealkylation sites (N-methyl/N-ethyl adjacent to an activating group) is 1. The van der Waals surface area contributed by atoms with E-state index in [9.17, 15) is 0 Å². The molecule has 1 aliphatic heterocycles. The highest BCUT2D eigenvalue weighted by atomic mass is 32.2. The molecule has 0 aromatic carbocycles. The minimum atomic E-state index is 0.567. The molecule has 3 unspecified atom stereocenters. The summed E-state index contributed by atoms with van der Waals surface area (Å²) in [4.78, 5) is 4.24. The highest BCUT2D eigenvalue weighted by Gasteiger charge is 2.31. The second-order valence-corrected chi connectivity index (χ2v) is 7.52. The fourth-order valence-electron chi connectivity index (χ4n) is 2.65. The van der Waals surface area contributed by atoms with Crippen LogP contribution in [0.25, 0.3) is 0 Å². The Labute approximate surface area is 125 Å². The van der Waals surface area contributed by atoms with Crippen molar-refractivity contribution in [2.75, 3.05) is 18.1 Å². The second kappa shape index (κ2) is 8.18.